The standard InChI is InChI=1S/C18H21N3O3/c22-17(20-14-6-9-24-18(11-14)7-10-23-12-18)21-15-5-1-3-13-4-2-8-19-16(13)15/h1-5,8,14H,6-7,9-12H2,(H2,20,21,22)/t14-,18-/m0/s1. The Balaban J connectivity index is 1.43. The summed E-state index contributed by atoms with van der Waals surface area (Å²) in [5, 5.41) is 7.00. The Bertz CT molecular complexity index is 738. The minimum absolute atomic E-state index is 0.100. The summed E-state index contributed by atoms with van der Waals surface area (Å²) in [4.78, 5) is 16.8. The number of nitrogens with one attached hydrogen (secondary N) is 2. The van der Waals surface area contributed by atoms with Crippen LogP contribution in [0.15, 0.2) is 36.5 Å². The van der Waals surface area contributed by atoms with E-state index in [1.807, 2.05) is 30.3 Å². The van der Waals surface area contributed by atoms with E-state index in [2.05, 4.69) is 15.6 Å². The predicted octanol–water partition coefficient (Wildman–Crippen LogP) is 2.69. The first-order valence-corrected chi connectivity index (χ1v) is 8.37. The van der Waals surface area contributed by atoms with Crippen LogP contribution in [-0.2, 0) is 9.47 Å². The molecule has 2 amide bonds. The first kappa shape index (κ1) is 15.4. The van der Waals surface area contributed by atoms with Crippen molar-refractivity contribution in [2.24, 2.45) is 0 Å². The fourth-order valence-electron chi connectivity index (χ4n) is 3.56. The van der Waals surface area contributed by atoms with Crippen LogP contribution in [0.2, 0.25) is 0 Å². The van der Waals surface area contributed by atoms with Crippen LogP contribution in [0.5, 0.6) is 0 Å². The Labute approximate surface area is 140 Å². The van der Waals surface area contributed by atoms with Crippen molar-refractivity contribution >= 4 is 22.6 Å². The molecule has 1 aromatic heterocycles. The fourth-order valence-corrected chi connectivity index (χ4v) is 3.56. The lowest BCUT2D eigenvalue weighted by Crippen LogP contribution is -2.49. The zero-order chi connectivity index (χ0) is 16.4. The molecule has 2 fully saturated rings. The molecule has 2 aliphatic rings. The number of benzene rings is 1. The molecule has 0 aliphatic carbocycles. The summed E-state index contributed by atoms with van der Waals surface area (Å²) in [6.45, 7) is 2.02. The summed E-state index contributed by atoms with van der Waals surface area (Å²) >= 11 is 0. The Hall–Kier alpha value is -2.18. The van der Waals surface area contributed by atoms with E-state index >= 15 is 0 Å². The van der Waals surface area contributed by atoms with Gasteiger partial charge in [0, 0.05) is 37.3 Å². The number of aromatic nitrogens is 1. The molecule has 0 saturated carbocycles. The van der Waals surface area contributed by atoms with Gasteiger partial charge in [-0.2, -0.15) is 0 Å². The summed E-state index contributed by atoms with van der Waals surface area (Å²) in [6, 6.07) is 9.53. The highest BCUT2D eigenvalue weighted by molar-refractivity contribution is 5.99. The summed E-state index contributed by atoms with van der Waals surface area (Å²) in [6.07, 6.45) is 4.25. The van der Waals surface area contributed by atoms with Gasteiger partial charge in [-0.15, -0.1) is 0 Å². The lowest BCUT2D eigenvalue weighted by Gasteiger charge is -2.37. The first-order valence-electron chi connectivity index (χ1n) is 8.37. The Kier molecular flexibility index (Phi) is 4.08. The number of carbonyl (C=O) groups is 1. The van der Waals surface area contributed by atoms with Gasteiger partial charge >= 0.3 is 6.03 Å². The van der Waals surface area contributed by atoms with Crippen molar-refractivity contribution in [1.29, 1.82) is 0 Å². The molecule has 6 nitrogen and oxygen atoms in total. The number of pyridine rings is 1. The molecule has 2 saturated heterocycles. The molecule has 2 aliphatic heterocycles. The molecule has 3 heterocycles. The van der Waals surface area contributed by atoms with Crippen LogP contribution in [-0.4, -0.2) is 42.5 Å². The number of fused-ring (bicyclic) bond motifs is 1. The molecule has 126 valence electrons. The molecule has 24 heavy (non-hydrogen) atoms. The van der Waals surface area contributed by atoms with E-state index in [1.165, 1.54) is 0 Å². The average molecular weight is 327 g/mol. The Morgan fingerprint density at radius 1 is 1.25 bits per heavy atom. The molecule has 1 aromatic carbocycles. The van der Waals surface area contributed by atoms with Gasteiger partial charge in [-0.1, -0.05) is 18.2 Å². The van der Waals surface area contributed by atoms with Crippen LogP contribution in [0, 0.1) is 0 Å². The minimum Gasteiger partial charge on any atom is -0.378 e. The molecule has 4 rings (SSSR count). The largest absolute Gasteiger partial charge is 0.378 e. The van der Waals surface area contributed by atoms with E-state index in [0.717, 1.165) is 42.5 Å². The fraction of sp³-hybridized carbons (Fsp3) is 0.444. The van der Waals surface area contributed by atoms with Gasteiger partial charge in [0.25, 0.3) is 0 Å². The Morgan fingerprint density at radius 3 is 3.04 bits per heavy atom. The molecule has 2 aromatic rings. The number of amides is 2. The first-order chi connectivity index (χ1) is 11.7. The molecule has 6 heteroatoms. The monoisotopic (exact) mass is 327 g/mol. The number of rotatable bonds is 2. The normalized spacial score (nSPS) is 26.6. The summed E-state index contributed by atoms with van der Waals surface area (Å²) < 4.78 is 11.4. The Morgan fingerprint density at radius 2 is 2.17 bits per heavy atom. The number of carbonyl (C=O) groups excluding carboxylic acids is 1. The molecule has 0 bridgehead atoms. The molecular weight excluding hydrogens is 306 g/mol. The van der Waals surface area contributed by atoms with Crippen LogP contribution in [0.3, 0.4) is 0 Å². The quantitative estimate of drug-likeness (QED) is 0.889. The van der Waals surface area contributed by atoms with Gasteiger partial charge in [0.2, 0.25) is 0 Å². The molecule has 0 unspecified atom stereocenters. The van der Waals surface area contributed by atoms with E-state index in [1.54, 1.807) is 6.20 Å². The third kappa shape index (κ3) is 3.07. The number of hydrogen-bond donors (Lipinski definition) is 2. The molecule has 1 spiro atoms. The number of hydrogen-bond acceptors (Lipinski definition) is 4. The second kappa shape index (κ2) is 6.37. The van der Waals surface area contributed by atoms with E-state index in [-0.39, 0.29) is 17.7 Å². The van der Waals surface area contributed by atoms with Crippen LogP contribution < -0.4 is 10.6 Å². The summed E-state index contributed by atoms with van der Waals surface area (Å²) in [5.74, 6) is 0. The number of nitrogens with zero attached hydrogens (tertiary/aromatic N) is 1. The highest BCUT2D eigenvalue weighted by Crippen LogP contribution is 2.32. The third-order valence-corrected chi connectivity index (χ3v) is 4.78. The molecule has 2 atom stereocenters. The zero-order valence-electron chi connectivity index (χ0n) is 13.5. The lowest BCUT2D eigenvalue weighted by atomic mass is 9.90. The second-order valence-electron chi connectivity index (χ2n) is 6.50. The molecule has 2 N–H and O–H groups in total. The van der Waals surface area contributed by atoms with Crippen LogP contribution in [0.1, 0.15) is 19.3 Å². The minimum atomic E-state index is -0.211. The van der Waals surface area contributed by atoms with Crippen molar-refractivity contribution in [3.63, 3.8) is 0 Å². The van der Waals surface area contributed by atoms with Crippen molar-refractivity contribution in [2.45, 2.75) is 30.9 Å². The van der Waals surface area contributed by atoms with Crippen molar-refractivity contribution in [3.8, 4) is 0 Å². The zero-order valence-corrected chi connectivity index (χ0v) is 13.5. The number of ether oxygens (including phenoxy) is 2. The van der Waals surface area contributed by atoms with E-state index in [0.29, 0.717) is 13.2 Å². The second-order valence-corrected chi connectivity index (χ2v) is 6.50. The van der Waals surface area contributed by atoms with E-state index in [4.69, 9.17) is 9.47 Å². The van der Waals surface area contributed by atoms with Gasteiger partial charge in [-0.25, -0.2) is 4.79 Å². The van der Waals surface area contributed by atoms with Gasteiger partial charge in [-0.05, 0) is 25.0 Å². The lowest BCUT2D eigenvalue weighted by molar-refractivity contribution is -0.0877. The highest BCUT2D eigenvalue weighted by atomic mass is 16.6. The number of anilines is 1. The average Bonchev–Trinajstić information content (AvgIpc) is 3.03. The molecular formula is C18H21N3O3. The topological polar surface area (TPSA) is 72.5 Å². The third-order valence-electron chi connectivity index (χ3n) is 4.78. The van der Waals surface area contributed by atoms with Crippen molar-refractivity contribution < 1.29 is 14.3 Å². The maximum absolute atomic E-state index is 12.4. The SMILES string of the molecule is O=C(Nc1cccc2cccnc12)N[C@H]1CCO[C@@]2(CCOC2)C1. The van der Waals surface area contributed by atoms with E-state index < -0.39 is 0 Å². The summed E-state index contributed by atoms with van der Waals surface area (Å²) in [7, 11) is 0. The van der Waals surface area contributed by atoms with Crippen LogP contribution in [0.4, 0.5) is 10.5 Å². The van der Waals surface area contributed by atoms with E-state index in [9.17, 15) is 4.79 Å². The number of para-hydroxylation sites is 1. The van der Waals surface area contributed by atoms with Crippen molar-refractivity contribution in [1.82, 2.24) is 10.3 Å². The maximum atomic E-state index is 12.4. The van der Waals surface area contributed by atoms with Gasteiger partial charge in [0.15, 0.2) is 0 Å². The predicted molar refractivity (Wildman–Crippen MR) is 91.0 cm³/mol. The molecule has 0 radical (unpaired) electrons. The van der Waals surface area contributed by atoms with Crippen molar-refractivity contribution in [2.75, 3.05) is 25.1 Å². The van der Waals surface area contributed by atoms with Gasteiger partial charge < -0.3 is 20.1 Å². The maximum Gasteiger partial charge on any atom is 0.319 e. The van der Waals surface area contributed by atoms with Gasteiger partial charge in [0.05, 0.1) is 23.4 Å². The van der Waals surface area contributed by atoms with Gasteiger partial charge in [-0.3, -0.25) is 4.98 Å². The highest BCUT2D eigenvalue weighted by Gasteiger charge is 2.41. The van der Waals surface area contributed by atoms with Crippen LogP contribution in [0.25, 0.3) is 10.9 Å². The summed E-state index contributed by atoms with van der Waals surface area (Å²) in [5.41, 5.74) is 1.30. The number of urea groups is 1. The van der Waals surface area contributed by atoms with Crippen LogP contribution >= 0.6 is 0 Å². The van der Waals surface area contributed by atoms with Crippen molar-refractivity contribution in [3.05, 3.63) is 36.5 Å². The van der Waals surface area contributed by atoms with Gasteiger partial charge in [0.1, 0.15) is 0 Å². The smallest absolute Gasteiger partial charge is 0.319 e.